The number of aromatic nitrogens is 4. The number of hydrogen-bond acceptors (Lipinski definition) is 3. The largest absolute Gasteiger partial charge is 0.309 e. The molecule has 0 spiro atoms. The van der Waals surface area contributed by atoms with E-state index in [0.717, 1.165) is 51.0 Å². The monoisotopic (exact) mass is 706 g/mol. The molecule has 0 atom stereocenters. The van der Waals surface area contributed by atoms with Gasteiger partial charge in [0.05, 0.1) is 11.0 Å². The van der Waals surface area contributed by atoms with Gasteiger partial charge in [0.1, 0.15) is 0 Å². The molecular weight excluding hydrogens is 669 g/mol. The van der Waals surface area contributed by atoms with Crippen molar-refractivity contribution in [2.75, 3.05) is 0 Å². The zero-order valence-corrected chi connectivity index (χ0v) is 30.6. The summed E-state index contributed by atoms with van der Waals surface area (Å²) >= 11 is 0. The molecule has 0 radical (unpaired) electrons. The van der Waals surface area contributed by atoms with Crippen LogP contribution in [0, 0.1) is 0 Å². The summed E-state index contributed by atoms with van der Waals surface area (Å²) in [5.41, 5.74) is 13.4. The van der Waals surface area contributed by atoms with E-state index in [1.807, 2.05) is 85.8 Å². The molecule has 9 rings (SSSR count). The molecule has 1 aliphatic carbocycles. The number of allylic oxidation sites excluding steroid dienone is 7. The van der Waals surface area contributed by atoms with Gasteiger partial charge in [-0.3, -0.25) is 0 Å². The zero-order chi connectivity index (χ0) is 37.1. The maximum atomic E-state index is 5.02. The minimum Gasteiger partial charge on any atom is -0.309 e. The third-order valence-corrected chi connectivity index (χ3v) is 10.2. The zero-order valence-electron chi connectivity index (χ0n) is 30.6. The van der Waals surface area contributed by atoms with Gasteiger partial charge in [-0.1, -0.05) is 170 Å². The van der Waals surface area contributed by atoms with Gasteiger partial charge in [0.25, 0.3) is 0 Å². The second-order valence-electron chi connectivity index (χ2n) is 13.6. The lowest BCUT2D eigenvalue weighted by Gasteiger charge is -2.12. The van der Waals surface area contributed by atoms with E-state index in [4.69, 9.17) is 15.0 Å². The van der Waals surface area contributed by atoms with Gasteiger partial charge < -0.3 is 4.57 Å². The Morgan fingerprint density at radius 2 is 1.29 bits per heavy atom. The van der Waals surface area contributed by atoms with Crippen LogP contribution in [0.1, 0.15) is 35.6 Å². The third-order valence-electron chi connectivity index (χ3n) is 10.2. The van der Waals surface area contributed by atoms with Gasteiger partial charge in [-0.25, -0.2) is 15.0 Å². The Morgan fingerprint density at radius 1 is 0.636 bits per heavy atom. The lowest BCUT2D eigenvalue weighted by Crippen LogP contribution is -2.01. The Hall–Kier alpha value is -7.17. The van der Waals surface area contributed by atoms with E-state index in [-0.39, 0.29) is 0 Å². The van der Waals surface area contributed by atoms with Crippen LogP contribution in [0.3, 0.4) is 0 Å². The second kappa shape index (κ2) is 14.7. The minimum atomic E-state index is 0.632. The smallest absolute Gasteiger partial charge is 0.164 e. The number of fused-ring (bicyclic) bond motifs is 5. The fourth-order valence-electron chi connectivity index (χ4n) is 7.52. The van der Waals surface area contributed by atoms with Crippen LogP contribution in [-0.2, 0) is 0 Å². The van der Waals surface area contributed by atoms with Crippen LogP contribution in [0.25, 0.3) is 85.0 Å². The van der Waals surface area contributed by atoms with Crippen molar-refractivity contribution < 1.29 is 0 Å². The van der Waals surface area contributed by atoms with Crippen LogP contribution in [0.2, 0.25) is 0 Å². The van der Waals surface area contributed by atoms with Gasteiger partial charge in [-0.2, -0.15) is 0 Å². The fraction of sp³-hybridized carbons (Fsp3) is 0.0392. The Balaban J connectivity index is 1.15. The minimum absolute atomic E-state index is 0.632. The predicted octanol–water partition coefficient (Wildman–Crippen LogP) is 13.1. The molecule has 0 aliphatic heterocycles. The van der Waals surface area contributed by atoms with Crippen molar-refractivity contribution in [2.24, 2.45) is 0 Å². The normalized spacial score (nSPS) is 12.9. The van der Waals surface area contributed by atoms with Crippen LogP contribution in [-0.4, -0.2) is 19.5 Å². The summed E-state index contributed by atoms with van der Waals surface area (Å²) in [4.78, 5) is 14.9. The van der Waals surface area contributed by atoms with Crippen LogP contribution in [0.15, 0.2) is 183 Å². The molecule has 2 heterocycles. The Labute approximate surface area is 321 Å². The molecule has 4 heteroatoms. The van der Waals surface area contributed by atoms with Gasteiger partial charge in [-0.15, -0.1) is 0 Å². The molecular formula is C51H38N4. The molecule has 4 nitrogen and oxygen atoms in total. The molecule has 0 saturated carbocycles. The Kier molecular flexibility index (Phi) is 8.99. The number of rotatable bonds is 8. The van der Waals surface area contributed by atoms with E-state index < -0.39 is 0 Å². The van der Waals surface area contributed by atoms with Crippen LogP contribution < -0.4 is 0 Å². The highest BCUT2D eigenvalue weighted by molar-refractivity contribution is 6.14. The second-order valence-corrected chi connectivity index (χ2v) is 13.6. The van der Waals surface area contributed by atoms with Crippen molar-refractivity contribution in [3.63, 3.8) is 0 Å². The summed E-state index contributed by atoms with van der Waals surface area (Å²) in [5, 5.41) is 2.46. The highest BCUT2D eigenvalue weighted by Crippen LogP contribution is 2.39. The predicted molar refractivity (Wildman–Crippen MR) is 231 cm³/mol. The Bertz CT molecular complexity index is 2780. The highest BCUT2D eigenvalue weighted by Gasteiger charge is 2.19. The van der Waals surface area contributed by atoms with Gasteiger partial charge in [-0.05, 0) is 71.0 Å². The highest BCUT2D eigenvalue weighted by atomic mass is 15.0. The quantitative estimate of drug-likeness (QED) is 0.148. The number of hydrogen-bond donors (Lipinski definition) is 0. The summed E-state index contributed by atoms with van der Waals surface area (Å²) in [7, 11) is 0. The number of nitrogens with zero attached hydrogens (tertiary/aromatic N) is 4. The lowest BCUT2D eigenvalue weighted by molar-refractivity contribution is 1.07. The molecule has 0 N–H and O–H groups in total. The number of para-hydroxylation sites is 1. The van der Waals surface area contributed by atoms with E-state index in [2.05, 4.69) is 120 Å². The molecule has 0 amide bonds. The first kappa shape index (κ1) is 33.7. The topological polar surface area (TPSA) is 43.6 Å². The van der Waals surface area contributed by atoms with Crippen molar-refractivity contribution >= 4 is 45.1 Å². The fourth-order valence-corrected chi connectivity index (χ4v) is 7.52. The lowest BCUT2D eigenvalue weighted by atomic mass is 9.96. The molecule has 55 heavy (non-hydrogen) atoms. The maximum absolute atomic E-state index is 5.02. The molecule has 6 aromatic carbocycles. The maximum Gasteiger partial charge on any atom is 0.164 e. The molecule has 0 bridgehead atoms. The first-order valence-corrected chi connectivity index (χ1v) is 18.7. The summed E-state index contributed by atoms with van der Waals surface area (Å²) < 4.78 is 2.37. The van der Waals surface area contributed by atoms with E-state index in [9.17, 15) is 0 Å². The van der Waals surface area contributed by atoms with Gasteiger partial charge in [0.2, 0.25) is 0 Å². The summed E-state index contributed by atoms with van der Waals surface area (Å²) in [6.45, 7) is 6.04. The van der Waals surface area contributed by atoms with Crippen molar-refractivity contribution in [1.29, 1.82) is 0 Å². The van der Waals surface area contributed by atoms with Gasteiger partial charge in [0.15, 0.2) is 17.5 Å². The van der Waals surface area contributed by atoms with Crippen LogP contribution in [0.5, 0.6) is 0 Å². The molecule has 0 unspecified atom stereocenters. The summed E-state index contributed by atoms with van der Waals surface area (Å²) in [5.74, 6) is 1.92. The SMILES string of the molecule is C=C/C(=C\C=C/C)c1ccc(C2=Cc3ccc4c(c3C=CC2)c2ccccc2n4-c2cccc(-c3nc(-c4ccccc4)nc(-c4ccccc4)n3)c2)cc1. The average Bonchev–Trinajstić information content (AvgIpc) is 3.43. The Morgan fingerprint density at radius 3 is 1.98 bits per heavy atom. The van der Waals surface area contributed by atoms with Crippen LogP contribution >= 0.6 is 0 Å². The molecule has 262 valence electrons. The number of benzene rings is 6. The van der Waals surface area contributed by atoms with E-state index in [1.165, 1.54) is 33.0 Å². The first-order chi connectivity index (χ1) is 27.2. The first-order valence-electron chi connectivity index (χ1n) is 18.7. The standard InChI is InChI=1S/C51H38N4/c1-3-5-16-35(4-2)36-27-29-37(30-28-36)40-21-15-25-44-41(33-40)31-32-47-48(44)45-24-12-13-26-46(45)55(47)43-23-14-22-42(34-43)51-53-49(38-17-8-6-9-18-38)52-50(54-51)39-19-10-7-11-20-39/h3-20,22-34H,2,21H2,1H3/b5-3-,35-16+. The summed E-state index contributed by atoms with van der Waals surface area (Å²) in [6, 6.07) is 50.8. The van der Waals surface area contributed by atoms with E-state index >= 15 is 0 Å². The van der Waals surface area contributed by atoms with Crippen LogP contribution in [0.4, 0.5) is 0 Å². The van der Waals surface area contributed by atoms with Crippen molar-refractivity contribution in [2.45, 2.75) is 13.3 Å². The van der Waals surface area contributed by atoms with E-state index in [1.54, 1.807) is 0 Å². The average molecular weight is 707 g/mol. The summed E-state index contributed by atoms with van der Waals surface area (Å²) in [6.07, 6.45) is 15.9. The molecule has 0 fully saturated rings. The third kappa shape index (κ3) is 6.45. The van der Waals surface area contributed by atoms with Crippen molar-refractivity contribution in [3.05, 3.63) is 205 Å². The molecule has 1 aliphatic rings. The van der Waals surface area contributed by atoms with Crippen molar-refractivity contribution in [1.82, 2.24) is 19.5 Å². The molecule has 8 aromatic rings. The van der Waals surface area contributed by atoms with Gasteiger partial charge >= 0.3 is 0 Å². The van der Waals surface area contributed by atoms with E-state index in [0.29, 0.717) is 17.5 Å². The molecule has 0 saturated heterocycles. The van der Waals surface area contributed by atoms with Gasteiger partial charge in [0, 0.05) is 33.2 Å². The molecule has 2 aromatic heterocycles. The van der Waals surface area contributed by atoms with Crippen molar-refractivity contribution in [3.8, 4) is 39.9 Å².